The van der Waals surface area contributed by atoms with E-state index in [0.717, 1.165) is 16.0 Å². The summed E-state index contributed by atoms with van der Waals surface area (Å²) in [4.78, 5) is 11.9. The molecule has 2 nitrogen and oxygen atoms in total. The molecule has 0 atom stereocenters. The maximum absolute atomic E-state index is 12.1. The maximum atomic E-state index is 12.1. The van der Waals surface area contributed by atoms with Crippen LogP contribution < -0.4 is 4.74 Å². The molecule has 0 saturated carbocycles. The van der Waals surface area contributed by atoms with Crippen molar-refractivity contribution in [2.75, 3.05) is 5.75 Å². The van der Waals surface area contributed by atoms with Gasteiger partial charge in [0.2, 0.25) is 0 Å². The zero-order valence-electron chi connectivity index (χ0n) is 11.7. The van der Waals surface area contributed by atoms with E-state index in [1.54, 1.807) is 12.1 Å². The lowest BCUT2D eigenvalue weighted by Crippen LogP contribution is -2.16. The molecular formula is C16H13F3O2S. The second-order valence-corrected chi connectivity index (χ2v) is 5.64. The average molecular weight is 326 g/mol. The summed E-state index contributed by atoms with van der Waals surface area (Å²) in [6.07, 6.45) is -4.68. The molecule has 0 radical (unpaired) electrons. The quantitative estimate of drug-likeness (QED) is 0.729. The Labute approximate surface area is 130 Å². The van der Waals surface area contributed by atoms with Crippen molar-refractivity contribution in [2.45, 2.75) is 18.2 Å². The van der Waals surface area contributed by atoms with Crippen LogP contribution in [0.15, 0.2) is 53.4 Å². The molecule has 0 N–H and O–H groups in total. The maximum Gasteiger partial charge on any atom is 0.573 e. The van der Waals surface area contributed by atoms with Crippen molar-refractivity contribution in [3.63, 3.8) is 0 Å². The molecule has 0 bridgehead atoms. The number of carbonyl (C=O) groups excluding carboxylic acids is 1. The Morgan fingerprint density at radius 3 is 1.95 bits per heavy atom. The summed E-state index contributed by atoms with van der Waals surface area (Å²) >= 11 is 1.45. The first-order chi connectivity index (χ1) is 10.3. The Balaban J connectivity index is 2.07. The molecule has 0 aliphatic rings. The van der Waals surface area contributed by atoms with E-state index in [4.69, 9.17) is 0 Å². The van der Waals surface area contributed by atoms with Gasteiger partial charge in [-0.05, 0) is 42.3 Å². The standard InChI is InChI=1S/C16H13F3O2S/c1-11(20)10-22-15-8-4-13(5-9-15)12-2-6-14(7-3-12)21-16(17,18)19/h2-9H,10H2,1H3. The number of thioether (sulfide) groups is 1. The lowest BCUT2D eigenvalue weighted by Gasteiger charge is -2.09. The fraction of sp³-hybridized carbons (Fsp3) is 0.188. The van der Waals surface area contributed by atoms with E-state index >= 15 is 0 Å². The van der Waals surface area contributed by atoms with Gasteiger partial charge in [-0.3, -0.25) is 4.79 Å². The number of rotatable bonds is 5. The van der Waals surface area contributed by atoms with Crippen molar-refractivity contribution in [1.82, 2.24) is 0 Å². The van der Waals surface area contributed by atoms with Crippen LogP contribution in [-0.4, -0.2) is 17.9 Å². The van der Waals surface area contributed by atoms with Gasteiger partial charge in [-0.15, -0.1) is 24.9 Å². The molecule has 0 aromatic heterocycles. The molecule has 0 heterocycles. The third kappa shape index (κ3) is 5.11. The molecular weight excluding hydrogens is 313 g/mol. The Morgan fingerprint density at radius 1 is 1.00 bits per heavy atom. The summed E-state index contributed by atoms with van der Waals surface area (Å²) in [6, 6.07) is 13.2. The first-order valence-electron chi connectivity index (χ1n) is 6.42. The molecule has 0 aliphatic heterocycles. The lowest BCUT2D eigenvalue weighted by atomic mass is 10.1. The zero-order valence-corrected chi connectivity index (χ0v) is 12.5. The van der Waals surface area contributed by atoms with E-state index in [1.807, 2.05) is 24.3 Å². The number of halogens is 3. The molecule has 0 fully saturated rings. The van der Waals surface area contributed by atoms with Gasteiger partial charge in [0.1, 0.15) is 11.5 Å². The molecule has 2 aromatic carbocycles. The van der Waals surface area contributed by atoms with E-state index in [1.165, 1.54) is 30.8 Å². The highest BCUT2D eigenvalue weighted by atomic mass is 32.2. The molecule has 22 heavy (non-hydrogen) atoms. The van der Waals surface area contributed by atoms with Gasteiger partial charge in [-0.25, -0.2) is 0 Å². The van der Waals surface area contributed by atoms with Crippen molar-refractivity contribution >= 4 is 17.5 Å². The van der Waals surface area contributed by atoms with Crippen LogP contribution in [-0.2, 0) is 4.79 Å². The van der Waals surface area contributed by atoms with Gasteiger partial charge in [0.15, 0.2) is 0 Å². The topological polar surface area (TPSA) is 26.3 Å². The highest BCUT2D eigenvalue weighted by molar-refractivity contribution is 8.00. The molecule has 0 aliphatic carbocycles. The second-order valence-electron chi connectivity index (χ2n) is 4.59. The third-order valence-corrected chi connectivity index (χ3v) is 3.87. The Bertz CT molecular complexity index is 634. The molecule has 0 unspecified atom stereocenters. The van der Waals surface area contributed by atoms with Gasteiger partial charge in [0.25, 0.3) is 0 Å². The van der Waals surface area contributed by atoms with Crippen LogP contribution in [0, 0.1) is 0 Å². The minimum Gasteiger partial charge on any atom is -0.406 e. The summed E-state index contributed by atoms with van der Waals surface area (Å²) in [7, 11) is 0. The smallest absolute Gasteiger partial charge is 0.406 e. The zero-order chi connectivity index (χ0) is 16.2. The molecule has 0 amide bonds. The van der Waals surface area contributed by atoms with Crippen molar-refractivity contribution < 1.29 is 22.7 Å². The van der Waals surface area contributed by atoms with E-state index in [0.29, 0.717) is 5.75 Å². The monoisotopic (exact) mass is 326 g/mol. The highest BCUT2D eigenvalue weighted by Gasteiger charge is 2.30. The molecule has 0 spiro atoms. The Hall–Kier alpha value is -1.95. The van der Waals surface area contributed by atoms with Gasteiger partial charge in [0, 0.05) is 4.90 Å². The molecule has 2 aromatic rings. The van der Waals surface area contributed by atoms with Crippen LogP contribution in [0.4, 0.5) is 13.2 Å². The number of carbonyl (C=O) groups is 1. The normalized spacial score (nSPS) is 11.3. The van der Waals surface area contributed by atoms with Crippen LogP contribution in [0.3, 0.4) is 0 Å². The Kier molecular flexibility index (Phi) is 5.13. The third-order valence-electron chi connectivity index (χ3n) is 2.72. The first-order valence-corrected chi connectivity index (χ1v) is 7.40. The fourth-order valence-corrected chi connectivity index (χ4v) is 2.48. The van der Waals surface area contributed by atoms with Gasteiger partial charge in [0.05, 0.1) is 5.75 Å². The van der Waals surface area contributed by atoms with E-state index in [2.05, 4.69) is 4.74 Å². The molecule has 0 saturated heterocycles. The second kappa shape index (κ2) is 6.87. The lowest BCUT2D eigenvalue weighted by molar-refractivity contribution is -0.274. The van der Waals surface area contributed by atoms with Gasteiger partial charge >= 0.3 is 6.36 Å². The van der Waals surface area contributed by atoms with Crippen molar-refractivity contribution in [3.8, 4) is 16.9 Å². The fourth-order valence-electron chi connectivity index (χ4n) is 1.78. The average Bonchev–Trinajstić information content (AvgIpc) is 2.45. The first kappa shape index (κ1) is 16.4. The van der Waals surface area contributed by atoms with Crippen LogP contribution >= 0.6 is 11.8 Å². The van der Waals surface area contributed by atoms with Crippen LogP contribution in [0.2, 0.25) is 0 Å². The van der Waals surface area contributed by atoms with Crippen molar-refractivity contribution in [2.24, 2.45) is 0 Å². The summed E-state index contributed by atoms with van der Waals surface area (Å²) in [5, 5.41) is 0. The summed E-state index contributed by atoms with van der Waals surface area (Å²) in [5.41, 5.74) is 1.67. The van der Waals surface area contributed by atoms with E-state index in [-0.39, 0.29) is 11.5 Å². The number of alkyl halides is 3. The number of hydrogen-bond acceptors (Lipinski definition) is 3. The predicted octanol–water partition coefficient (Wildman–Crippen LogP) is 4.93. The Morgan fingerprint density at radius 2 is 1.50 bits per heavy atom. The largest absolute Gasteiger partial charge is 0.573 e. The summed E-state index contributed by atoms with van der Waals surface area (Å²) in [5.74, 6) is 0.280. The minimum absolute atomic E-state index is 0.106. The number of Topliss-reactive ketones (excluding diaryl/α,β-unsaturated/α-hetero) is 1. The van der Waals surface area contributed by atoms with Crippen molar-refractivity contribution in [3.05, 3.63) is 48.5 Å². The molecule has 6 heteroatoms. The number of ketones is 1. The SMILES string of the molecule is CC(=O)CSc1ccc(-c2ccc(OC(F)(F)F)cc2)cc1. The van der Waals surface area contributed by atoms with Crippen molar-refractivity contribution in [1.29, 1.82) is 0 Å². The minimum atomic E-state index is -4.68. The van der Waals surface area contributed by atoms with Gasteiger partial charge in [-0.2, -0.15) is 0 Å². The van der Waals surface area contributed by atoms with Crippen LogP contribution in [0.1, 0.15) is 6.92 Å². The predicted molar refractivity (Wildman–Crippen MR) is 80.0 cm³/mol. The van der Waals surface area contributed by atoms with E-state index < -0.39 is 6.36 Å². The number of ether oxygens (including phenoxy) is 1. The highest BCUT2D eigenvalue weighted by Crippen LogP contribution is 2.28. The summed E-state index contributed by atoms with van der Waals surface area (Å²) in [6.45, 7) is 1.53. The van der Waals surface area contributed by atoms with E-state index in [9.17, 15) is 18.0 Å². The molecule has 116 valence electrons. The van der Waals surface area contributed by atoms with Crippen LogP contribution in [0.5, 0.6) is 5.75 Å². The molecule has 2 rings (SSSR count). The van der Waals surface area contributed by atoms with Crippen LogP contribution in [0.25, 0.3) is 11.1 Å². The van der Waals surface area contributed by atoms with Gasteiger partial charge in [-0.1, -0.05) is 24.3 Å². The number of hydrogen-bond donors (Lipinski definition) is 0. The summed E-state index contributed by atoms with van der Waals surface area (Å²) < 4.78 is 40.1. The van der Waals surface area contributed by atoms with Gasteiger partial charge < -0.3 is 4.74 Å². The number of benzene rings is 2.